The molecule has 0 heterocycles. The molecule has 0 aliphatic carbocycles. The van der Waals surface area contributed by atoms with Gasteiger partial charge < -0.3 is 20.9 Å². The van der Waals surface area contributed by atoms with Crippen molar-refractivity contribution in [2.45, 2.75) is 13.3 Å². The van der Waals surface area contributed by atoms with Crippen LogP contribution in [0.4, 0.5) is 18.9 Å². The fourth-order valence-electron chi connectivity index (χ4n) is 1.24. The second-order valence-electron chi connectivity index (χ2n) is 4.21. The summed E-state index contributed by atoms with van der Waals surface area (Å²) in [7, 11) is 0. The van der Waals surface area contributed by atoms with Crippen molar-refractivity contribution < 1.29 is 23.0 Å². The summed E-state index contributed by atoms with van der Waals surface area (Å²) >= 11 is 0. The van der Waals surface area contributed by atoms with Gasteiger partial charge in [0.05, 0.1) is 0 Å². The summed E-state index contributed by atoms with van der Waals surface area (Å²) in [5, 5.41) is 11.5. The van der Waals surface area contributed by atoms with E-state index in [-0.39, 0.29) is 48.2 Å². The van der Waals surface area contributed by atoms with Gasteiger partial charge in [-0.15, -0.1) is 37.1 Å². The van der Waals surface area contributed by atoms with Crippen molar-refractivity contribution >= 4 is 35.6 Å². The number of nitrogens with two attached hydrogens (primary N) is 1. The van der Waals surface area contributed by atoms with E-state index in [9.17, 15) is 13.2 Å². The Morgan fingerprint density at radius 2 is 1.95 bits per heavy atom. The van der Waals surface area contributed by atoms with Gasteiger partial charge in [-0.1, -0.05) is 6.92 Å². The maximum atomic E-state index is 12.0. The molecule has 1 atom stereocenters. The zero-order chi connectivity index (χ0) is 15.2. The minimum absolute atomic E-state index is 0. The number of aliphatic imine (C=N–C) groups is 1. The third-order valence-corrected chi connectivity index (χ3v) is 2.25. The molecular weight excluding hydrogens is 402 g/mol. The standard InChI is InChI=1S/C12H16F3N3O2.HI/c1-8(7-19)6-17-11(16)18-9-2-4-10(5-3-9)20-12(13,14)15;/h2-5,8,19H,6-7H2,1H3,(H3,16,17,18);1H. The third-order valence-electron chi connectivity index (χ3n) is 2.25. The van der Waals surface area contributed by atoms with Crippen molar-refractivity contribution in [2.75, 3.05) is 18.5 Å². The predicted molar refractivity (Wildman–Crippen MR) is 84.9 cm³/mol. The van der Waals surface area contributed by atoms with Crippen LogP contribution in [0.25, 0.3) is 0 Å². The quantitative estimate of drug-likeness (QED) is 0.390. The molecule has 0 saturated carbocycles. The number of nitrogens with one attached hydrogen (secondary N) is 1. The highest BCUT2D eigenvalue weighted by Gasteiger charge is 2.30. The van der Waals surface area contributed by atoms with Gasteiger partial charge in [-0.25, -0.2) is 0 Å². The Labute approximate surface area is 137 Å². The van der Waals surface area contributed by atoms with Gasteiger partial charge in [-0.3, -0.25) is 4.99 Å². The average molecular weight is 419 g/mol. The number of guanidine groups is 1. The highest BCUT2D eigenvalue weighted by molar-refractivity contribution is 14.0. The van der Waals surface area contributed by atoms with Crippen LogP contribution >= 0.6 is 24.0 Å². The fraction of sp³-hybridized carbons (Fsp3) is 0.417. The number of alkyl halides is 3. The summed E-state index contributed by atoms with van der Waals surface area (Å²) in [5.74, 6) is -0.208. The van der Waals surface area contributed by atoms with Crippen molar-refractivity contribution in [1.29, 1.82) is 0 Å². The van der Waals surface area contributed by atoms with Crippen LogP contribution in [0.15, 0.2) is 29.3 Å². The summed E-state index contributed by atoms with van der Waals surface area (Å²) < 4.78 is 39.6. The van der Waals surface area contributed by atoms with Crippen LogP contribution in [0.2, 0.25) is 0 Å². The number of benzene rings is 1. The van der Waals surface area contributed by atoms with Crippen LogP contribution < -0.4 is 15.8 Å². The van der Waals surface area contributed by atoms with E-state index in [1.165, 1.54) is 24.3 Å². The Kier molecular flexibility index (Phi) is 8.40. The lowest BCUT2D eigenvalue weighted by atomic mass is 10.2. The molecule has 0 aliphatic heterocycles. The summed E-state index contributed by atoms with van der Waals surface area (Å²) in [5.41, 5.74) is 6.08. The molecular formula is C12H17F3IN3O2. The number of rotatable bonds is 5. The van der Waals surface area contributed by atoms with Crippen LogP contribution in [-0.4, -0.2) is 30.6 Å². The molecule has 0 saturated heterocycles. The molecule has 0 bridgehead atoms. The molecule has 1 rings (SSSR count). The molecule has 0 spiro atoms. The number of ether oxygens (including phenoxy) is 1. The van der Waals surface area contributed by atoms with Gasteiger partial charge >= 0.3 is 6.36 Å². The van der Waals surface area contributed by atoms with E-state index in [1.807, 2.05) is 0 Å². The van der Waals surface area contributed by atoms with Crippen LogP contribution in [0, 0.1) is 5.92 Å². The van der Waals surface area contributed by atoms with E-state index < -0.39 is 6.36 Å². The Balaban J connectivity index is 0.00000400. The summed E-state index contributed by atoms with van der Waals surface area (Å²) in [4.78, 5) is 3.98. The van der Waals surface area contributed by atoms with Crippen LogP contribution in [-0.2, 0) is 0 Å². The largest absolute Gasteiger partial charge is 0.573 e. The first-order valence-corrected chi connectivity index (χ1v) is 5.84. The zero-order valence-electron chi connectivity index (χ0n) is 11.2. The molecule has 4 N–H and O–H groups in total. The lowest BCUT2D eigenvalue weighted by Crippen LogP contribution is -2.24. The fourth-order valence-corrected chi connectivity index (χ4v) is 1.24. The Bertz CT molecular complexity index is 452. The lowest BCUT2D eigenvalue weighted by Gasteiger charge is -2.10. The first kappa shape index (κ1) is 19.8. The van der Waals surface area contributed by atoms with Gasteiger partial charge in [0.2, 0.25) is 0 Å². The average Bonchev–Trinajstić information content (AvgIpc) is 2.36. The smallest absolute Gasteiger partial charge is 0.406 e. The van der Waals surface area contributed by atoms with Gasteiger partial charge in [0, 0.05) is 18.8 Å². The molecule has 120 valence electrons. The summed E-state index contributed by atoms with van der Waals surface area (Å²) in [6.45, 7) is 2.16. The van der Waals surface area contributed by atoms with E-state index in [4.69, 9.17) is 10.8 Å². The molecule has 1 aromatic rings. The van der Waals surface area contributed by atoms with Crippen molar-refractivity contribution in [2.24, 2.45) is 16.6 Å². The van der Waals surface area contributed by atoms with E-state index in [0.717, 1.165) is 0 Å². The first-order valence-electron chi connectivity index (χ1n) is 5.84. The second-order valence-corrected chi connectivity index (χ2v) is 4.21. The Morgan fingerprint density at radius 1 is 1.38 bits per heavy atom. The molecule has 1 aromatic carbocycles. The van der Waals surface area contributed by atoms with E-state index in [0.29, 0.717) is 12.2 Å². The number of anilines is 1. The monoisotopic (exact) mass is 419 g/mol. The summed E-state index contributed by atoms with van der Waals surface area (Å²) in [6.07, 6.45) is -4.71. The van der Waals surface area contributed by atoms with Crippen molar-refractivity contribution in [3.63, 3.8) is 0 Å². The number of halogens is 4. The molecule has 0 aliphatic rings. The highest BCUT2D eigenvalue weighted by atomic mass is 127. The molecule has 9 heteroatoms. The second kappa shape index (κ2) is 8.93. The topological polar surface area (TPSA) is 79.9 Å². The summed E-state index contributed by atoms with van der Waals surface area (Å²) in [6, 6.07) is 5.11. The number of hydrogen-bond acceptors (Lipinski definition) is 3. The number of hydrogen-bond donors (Lipinski definition) is 3. The number of aliphatic hydroxyl groups excluding tert-OH is 1. The van der Waals surface area contributed by atoms with E-state index in [2.05, 4.69) is 15.0 Å². The van der Waals surface area contributed by atoms with Crippen molar-refractivity contribution in [3.8, 4) is 5.75 Å². The van der Waals surface area contributed by atoms with Crippen molar-refractivity contribution in [1.82, 2.24) is 0 Å². The predicted octanol–water partition coefficient (Wildman–Crippen LogP) is 2.56. The van der Waals surface area contributed by atoms with Crippen LogP contribution in [0.5, 0.6) is 5.75 Å². The van der Waals surface area contributed by atoms with Gasteiger partial charge in [-0.2, -0.15) is 0 Å². The molecule has 5 nitrogen and oxygen atoms in total. The van der Waals surface area contributed by atoms with Gasteiger partial charge in [-0.05, 0) is 30.2 Å². The minimum atomic E-state index is -4.71. The Hall–Kier alpha value is -1.23. The van der Waals surface area contributed by atoms with E-state index >= 15 is 0 Å². The van der Waals surface area contributed by atoms with Gasteiger partial charge in [0.25, 0.3) is 0 Å². The third kappa shape index (κ3) is 8.60. The molecule has 0 amide bonds. The van der Waals surface area contributed by atoms with Gasteiger partial charge in [0.1, 0.15) is 5.75 Å². The normalized spacial score (nSPS) is 13.3. The first-order chi connectivity index (χ1) is 9.30. The van der Waals surface area contributed by atoms with Crippen LogP contribution in [0.3, 0.4) is 0 Å². The minimum Gasteiger partial charge on any atom is -0.406 e. The van der Waals surface area contributed by atoms with Crippen molar-refractivity contribution in [3.05, 3.63) is 24.3 Å². The maximum absolute atomic E-state index is 12.0. The van der Waals surface area contributed by atoms with Crippen LogP contribution in [0.1, 0.15) is 6.92 Å². The van der Waals surface area contributed by atoms with Gasteiger partial charge in [0.15, 0.2) is 5.96 Å². The molecule has 21 heavy (non-hydrogen) atoms. The molecule has 0 aromatic heterocycles. The lowest BCUT2D eigenvalue weighted by molar-refractivity contribution is -0.274. The molecule has 0 fully saturated rings. The molecule has 1 unspecified atom stereocenters. The number of aliphatic hydroxyl groups is 1. The number of nitrogens with zero attached hydrogens (tertiary/aromatic N) is 1. The maximum Gasteiger partial charge on any atom is 0.573 e. The zero-order valence-corrected chi connectivity index (χ0v) is 13.6. The van der Waals surface area contributed by atoms with E-state index in [1.54, 1.807) is 6.92 Å². The highest BCUT2D eigenvalue weighted by Crippen LogP contribution is 2.23. The Morgan fingerprint density at radius 3 is 2.43 bits per heavy atom. The SMILES string of the molecule is CC(CO)CN=C(N)Nc1ccc(OC(F)(F)F)cc1.I. The molecule has 0 radical (unpaired) electrons.